The fraction of sp³-hybridized carbons (Fsp3) is 0.421. The van der Waals surface area contributed by atoms with Crippen LogP contribution in [0.2, 0.25) is 0 Å². The molecule has 0 saturated carbocycles. The molecule has 0 aromatic carbocycles. The topological polar surface area (TPSA) is 129 Å². The molecule has 1 saturated heterocycles. The van der Waals surface area contributed by atoms with Crippen molar-refractivity contribution >= 4 is 22.8 Å². The Labute approximate surface area is 185 Å². The number of pyridine rings is 1. The Morgan fingerprint density at radius 1 is 1.16 bits per heavy atom. The van der Waals surface area contributed by atoms with Gasteiger partial charge in [0.1, 0.15) is 23.4 Å². The fourth-order valence-corrected chi connectivity index (χ4v) is 3.72. The highest BCUT2D eigenvalue weighted by Gasteiger charge is 2.51. The molecule has 1 fully saturated rings. The number of anilines is 2. The standard InChI is InChI=1S/C16H19F3N6O2S.C3H4O/c1-15(26,16(17,18)19)11-8-22-14(23-9-11)24-4-6-25(7-5-24)28(27)12-2-3-13(20)21-10-12;1-2-3-4/h2-3,8-10,26H,4-7H2,1H3,(H2,20,21);1,4H,3H2. The van der Waals surface area contributed by atoms with Crippen LogP contribution in [0.1, 0.15) is 12.5 Å². The SMILES string of the molecule is C#CCO.CC(O)(c1cnc(N2CCN(S(=O)c3ccc(N)nc3)CC2)nc1)C(F)(F)F. The van der Waals surface area contributed by atoms with Crippen LogP contribution >= 0.6 is 0 Å². The summed E-state index contributed by atoms with van der Waals surface area (Å²) in [5, 5.41) is 17.3. The van der Waals surface area contributed by atoms with Gasteiger partial charge in [-0.15, -0.1) is 6.42 Å². The third-order valence-electron chi connectivity index (χ3n) is 4.56. The van der Waals surface area contributed by atoms with Crippen LogP contribution in [0.15, 0.2) is 35.6 Å². The quantitative estimate of drug-likeness (QED) is 0.555. The van der Waals surface area contributed by atoms with Crippen molar-refractivity contribution in [2.45, 2.75) is 23.6 Å². The Morgan fingerprint density at radius 2 is 1.72 bits per heavy atom. The highest BCUT2D eigenvalue weighted by molar-refractivity contribution is 7.82. The minimum absolute atomic E-state index is 0.153. The second-order valence-corrected chi connectivity index (χ2v) is 8.27. The van der Waals surface area contributed by atoms with E-state index in [0.717, 1.165) is 12.4 Å². The lowest BCUT2D eigenvalue weighted by molar-refractivity contribution is -0.259. The van der Waals surface area contributed by atoms with E-state index < -0.39 is 28.3 Å². The van der Waals surface area contributed by atoms with Crippen molar-refractivity contribution < 1.29 is 27.6 Å². The molecule has 2 atom stereocenters. The van der Waals surface area contributed by atoms with E-state index in [4.69, 9.17) is 10.8 Å². The predicted molar refractivity (Wildman–Crippen MR) is 112 cm³/mol. The molecule has 0 amide bonds. The molecule has 3 rings (SSSR count). The third-order valence-corrected chi connectivity index (χ3v) is 6.04. The van der Waals surface area contributed by atoms with Gasteiger partial charge in [0, 0.05) is 50.3 Å². The number of nitrogens with two attached hydrogens (primary N) is 1. The molecule has 174 valence electrons. The first-order valence-corrected chi connectivity index (χ1v) is 10.4. The van der Waals surface area contributed by atoms with Crippen LogP contribution in [-0.2, 0) is 16.6 Å². The third kappa shape index (κ3) is 6.13. The molecule has 32 heavy (non-hydrogen) atoms. The number of piperazine rings is 1. The summed E-state index contributed by atoms with van der Waals surface area (Å²) in [7, 11) is -1.39. The van der Waals surface area contributed by atoms with E-state index in [9.17, 15) is 22.5 Å². The molecule has 0 aliphatic carbocycles. The van der Waals surface area contributed by atoms with Gasteiger partial charge >= 0.3 is 6.18 Å². The summed E-state index contributed by atoms with van der Waals surface area (Å²) in [4.78, 5) is 14.2. The van der Waals surface area contributed by atoms with E-state index in [0.29, 0.717) is 43.8 Å². The van der Waals surface area contributed by atoms with Crippen LogP contribution in [0, 0.1) is 12.3 Å². The van der Waals surface area contributed by atoms with Crippen molar-refractivity contribution in [2.75, 3.05) is 43.4 Å². The normalized spacial score (nSPS) is 17.5. The Morgan fingerprint density at radius 3 is 2.16 bits per heavy atom. The van der Waals surface area contributed by atoms with Gasteiger partial charge in [-0.1, -0.05) is 5.92 Å². The minimum Gasteiger partial charge on any atom is -0.384 e. The molecule has 2 aromatic rings. The first-order chi connectivity index (χ1) is 15.0. The number of hydrogen-bond acceptors (Lipinski definition) is 8. The zero-order valence-electron chi connectivity index (χ0n) is 17.2. The average molecular weight is 472 g/mol. The van der Waals surface area contributed by atoms with Crippen molar-refractivity contribution in [2.24, 2.45) is 0 Å². The van der Waals surface area contributed by atoms with E-state index in [-0.39, 0.29) is 12.6 Å². The number of alkyl halides is 3. The van der Waals surface area contributed by atoms with E-state index in [1.165, 1.54) is 6.20 Å². The van der Waals surface area contributed by atoms with Crippen LogP contribution in [0.3, 0.4) is 0 Å². The maximum atomic E-state index is 12.9. The van der Waals surface area contributed by atoms with Gasteiger partial charge in [-0.05, 0) is 19.1 Å². The summed E-state index contributed by atoms with van der Waals surface area (Å²) in [5.41, 5.74) is 2.08. The lowest BCUT2D eigenvalue weighted by Gasteiger charge is -2.34. The molecule has 0 bridgehead atoms. The lowest BCUT2D eigenvalue weighted by Crippen LogP contribution is -2.47. The van der Waals surface area contributed by atoms with Crippen molar-refractivity contribution in [1.82, 2.24) is 19.3 Å². The monoisotopic (exact) mass is 472 g/mol. The maximum absolute atomic E-state index is 12.9. The zero-order chi connectivity index (χ0) is 23.9. The van der Waals surface area contributed by atoms with E-state index >= 15 is 0 Å². The molecule has 2 aromatic heterocycles. The molecule has 1 aliphatic heterocycles. The predicted octanol–water partition coefficient (Wildman–Crippen LogP) is 0.680. The molecule has 9 nitrogen and oxygen atoms in total. The largest absolute Gasteiger partial charge is 0.421 e. The summed E-state index contributed by atoms with van der Waals surface area (Å²) in [5.74, 6) is 2.58. The second-order valence-electron chi connectivity index (χ2n) is 6.79. The number of rotatable bonds is 4. The molecule has 0 radical (unpaired) electrons. The Bertz CT molecular complexity index is 941. The smallest absolute Gasteiger partial charge is 0.384 e. The zero-order valence-corrected chi connectivity index (χ0v) is 18.0. The van der Waals surface area contributed by atoms with Crippen LogP contribution in [0.25, 0.3) is 0 Å². The molecule has 1 aliphatic rings. The van der Waals surface area contributed by atoms with Crippen molar-refractivity contribution in [3.05, 3.63) is 36.3 Å². The minimum atomic E-state index is -4.83. The van der Waals surface area contributed by atoms with Gasteiger partial charge in [0.25, 0.3) is 0 Å². The van der Waals surface area contributed by atoms with Crippen molar-refractivity contribution in [3.63, 3.8) is 0 Å². The van der Waals surface area contributed by atoms with Crippen LogP contribution in [-0.4, -0.2) is 72.6 Å². The van der Waals surface area contributed by atoms with Gasteiger partial charge in [0.15, 0.2) is 5.60 Å². The van der Waals surface area contributed by atoms with Gasteiger partial charge in [0.05, 0.1) is 4.90 Å². The lowest BCUT2D eigenvalue weighted by atomic mass is 9.99. The highest BCUT2D eigenvalue weighted by Crippen LogP contribution is 2.38. The van der Waals surface area contributed by atoms with E-state index in [2.05, 4.69) is 21.4 Å². The summed E-state index contributed by atoms with van der Waals surface area (Å²) in [6, 6.07) is 3.23. The Hall–Kier alpha value is -2.79. The average Bonchev–Trinajstić information content (AvgIpc) is 2.79. The molecular weight excluding hydrogens is 449 g/mol. The maximum Gasteiger partial charge on any atom is 0.421 e. The van der Waals surface area contributed by atoms with E-state index in [1.807, 2.05) is 5.92 Å². The number of nitrogens with zero attached hydrogens (tertiary/aromatic N) is 5. The summed E-state index contributed by atoms with van der Waals surface area (Å²) >= 11 is 0. The van der Waals surface area contributed by atoms with Crippen LogP contribution in [0.5, 0.6) is 0 Å². The highest BCUT2D eigenvalue weighted by atomic mass is 32.2. The fourth-order valence-electron chi connectivity index (χ4n) is 2.60. The number of aliphatic hydroxyl groups excluding tert-OH is 1. The molecule has 4 N–H and O–H groups in total. The number of terminal acetylenes is 1. The van der Waals surface area contributed by atoms with Gasteiger partial charge in [-0.25, -0.2) is 23.5 Å². The number of halogens is 3. The number of hydrogen-bond donors (Lipinski definition) is 3. The number of nitrogen functional groups attached to an aromatic ring is 1. The number of aliphatic hydroxyl groups is 2. The van der Waals surface area contributed by atoms with Gasteiger partial charge in [0.2, 0.25) is 5.95 Å². The van der Waals surface area contributed by atoms with Gasteiger partial charge in [-0.3, -0.25) is 0 Å². The number of aromatic nitrogens is 3. The van der Waals surface area contributed by atoms with E-state index in [1.54, 1.807) is 21.3 Å². The van der Waals surface area contributed by atoms with Crippen molar-refractivity contribution in [1.29, 1.82) is 0 Å². The van der Waals surface area contributed by atoms with Crippen LogP contribution < -0.4 is 10.6 Å². The molecule has 0 spiro atoms. The summed E-state index contributed by atoms with van der Waals surface area (Å²) < 4.78 is 53.0. The van der Waals surface area contributed by atoms with Gasteiger partial charge in [-0.2, -0.15) is 13.2 Å². The molecule has 3 heterocycles. The molecular formula is C19H23F3N6O3S. The second kappa shape index (κ2) is 10.7. The van der Waals surface area contributed by atoms with Crippen LogP contribution in [0.4, 0.5) is 24.9 Å². The summed E-state index contributed by atoms with van der Waals surface area (Å²) in [6.45, 7) is 2.29. The Balaban J connectivity index is 0.000000837. The molecule has 13 heteroatoms. The first kappa shape index (κ1) is 25.5. The Kier molecular flexibility index (Phi) is 8.51. The van der Waals surface area contributed by atoms with Gasteiger partial charge < -0.3 is 20.8 Å². The summed E-state index contributed by atoms with van der Waals surface area (Å²) in [6.07, 6.45) is 3.11. The van der Waals surface area contributed by atoms with Crippen molar-refractivity contribution in [3.8, 4) is 12.3 Å². The first-order valence-electron chi connectivity index (χ1n) is 9.30. The molecule has 2 unspecified atom stereocenters.